The fourth-order valence-corrected chi connectivity index (χ4v) is 2.12. The zero-order valence-corrected chi connectivity index (χ0v) is 11.3. The Bertz CT molecular complexity index is 559. The topological polar surface area (TPSA) is 50.9 Å². The fourth-order valence-electron chi connectivity index (χ4n) is 1.93. The van der Waals surface area contributed by atoms with Gasteiger partial charge in [-0.3, -0.25) is 0 Å². The molecule has 1 N–H and O–H groups in total. The second-order valence-electron chi connectivity index (χ2n) is 4.31. The highest BCUT2D eigenvalue weighted by Gasteiger charge is 2.17. The molecule has 0 spiro atoms. The number of aryl methyl sites for hydroxylation is 1. The van der Waals surface area contributed by atoms with Crippen molar-refractivity contribution in [2.24, 2.45) is 0 Å². The van der Waals surface area contributed by atoms with Crippen molar-refractivity contribution in [3.05, 3.63) is 46.5 Å². The van der Waals surface area contributed by atoms with Crippen LogP contribution in [0, 0.1) is 5.82 Å². The highest BCUT2D eigenvalue weighted by molar-refractivity contribution is 6.30. The van der Waals surface area contributed by atoms with Crippen LogP contribution in [0.4, 0.5) is 4.39 Å². The minimum absolute atomic E-state index is 0.0601. The van der Waals surface area contributed by atoms with Crippen LogP contribution in [0.25, 0.3) is 0 Å². The summed E-state index contributed by atoms with van der Waals surface area (Å²) in [5.74, 6) is -0.488. The molecule has 1 aromatic heterocycles. The average molecular weight is 284 g/mol. The quantitative estimate of drug-likeness (QED) is 0.918. The molecule has 0 radical (unpaired) electrons. The number of aliphatic hydroxyl groups excluding tert-OH is 1. The molecule has 0 aliphatic rings. The predicted molar refractivity (Wildman–Crippen MR) is 70.4 cm³/mol. The van der Waals surface area contributed by atoms with Crippen molar-refractivity contribution in [1.29, 1.82) is 0 Å². The second-order valence-corrected chi connectivity index (χ2v) is 4.72. The van der Waals surface area contributed by atoms with E-state index in [1.54, 1.807) is 16.8 Å². The molecule has 19 heavy (non-hydrogen) atoms. The van der Waals surface area contributed by atoms with Crippen molar-refractivity contribution in [2.75, 3.05) is 0 Å². The standard InChI is InChI=1S/C13H15ClFN3O/c1-2-6-18-11(8-16-17-18)12(19)7-9-4-3-5-10(14)13(9)15/h3-5,8,12,19H,2,6-7H2,1H3. The van der Waals surface area contributed by atoms with Crippen molar-refractivity contribution < 1.29 is 9.50 Å². The third kappa shape index (κ3) is 3.11. The van der Waals surface area contributed by atoms with Gasteiger partial charge in [0.15, 0.2) is 0 Å². The monoisotopic (exact) mass is 283 g/mol. The van der Waals surface area contributed by atoms with E-state index in [1.807, 2.05) is 6.92 Å². The summed E-state index contributed by atoms with van der Waals surface area (Å²) in [7, 11) is 0. The van der Waals surface area contributed by atoms with Crippen molar-refractivity contribution in [1.82, 2.24) is 15.0 Å². The number of hydrogen-bond acceptors (Lipinski definition) is 3. The first-order valence-electron chi connectivity index (χ1n) is 6.12. The van der Waals surface area contributed by atoms with E-state index in [0.29, 0.717) is 17.8 Å². The third-order valence-corrected chi connectivity index (χ3v) is 3.16. The number of nitrogens with zero attached hydrogens (tertiary/aromatic N) is 3. The molecule has 0 fully saturated rings. The Morgan fingerprint density at radius 1 is 1.47 bits per heavy atom. The van der Waals surface area contributed by atoms with Crippen LogP contribution in [0.1, 0.15) is 30.7 Å². The molecule has 1 heterocycles. The van der Waals surface area contributed by atoms with Gasteiger partial charge in [-0.25, -0.2) is 9.07 Å². The van der Waals surface area contributed by atoms with Gasteiger partial charge in [-0.1, -0.05) is 35.9 Å². The number of halogens is 2. The van der Waals surface area contributed by atoms with E-state index >= 15 is 0 Å². The molecule has 0 saturated carbocycles. The lowest BCUT2D eigenvalue weighted by Crippen LogP contribution is -2.11. The number of hydrogen-bond donors (Lipinski definition) is 1. The van der Waals surface area contributed by atoms with Crippen LogP contribution in [0.2, 0.25) is 5.02 Å². The van der Waals surface area contributed by atoms with Crippen molar-refractivity contribution in [3.63, 3.8) is 0 Å². The Balaban J connectivity index is 2.18. The zero-order valence-electron chi connectivity index (χ0n) is 10.6. The molecule has 1 aromatic carbocycles. The average Bonchev–Trinajstić information content (AvgIpc) is 2.84. The molecule has 6 heteroatoms. The lowest BCUT2D eigenvalue weighted by molar-refractivity contribution is 0.165. The molecular formula is C13H15ClFN3O. The molecular weight excluding hydrogens is 269 g/mol. The van der Waals surface area contributed by atoms with E-state index < -0.39 is 11.9 Å². The molecule has 1 unspecified atom stereocenters. The third-order valence-electron chi connectivity index (χ3n) is 2.87. The predicted octanol–water partition coefficient (Wildman–Crippen LogP) is 2.76. The second kappa shape index (κ2) is 6.12. The lowest BCUT2D eigenvalue weighted by Gasteiger charge is -2.12. The van der Waals surface area contributed by atoms with Crippen molar-refractivity contribution in [3.8, 4) is 0 Å². The molecule has 0 saturated heterocycles. The summed E-state index contributed by atoms with van der Waals surface area (Å²) < 4.78 is 15.4. The highest BCUT2D eigenvalue weighted by atomic mass is 35.5. The van der Waals surface area contributed by atoms with E-state index in [0.717, 1.165) is 6.42 Å². The summed E-state index contributed by atoms with van der Waals surface area (Å²) in [5.41, 5.74) is 0.963. The van der Waals surface area contributed by atoms with E-state index in [1.165, 1.54) is 12.3 Å². The first kappa shape index (κ1) is 14.0. The van der Waals surface area contributed by atoms with Crippen LogP contribution < -0.4 is 0 Å². The van der Waals surface area contributed by atoms with Crippen LogP contribution >= 0.6 is 11.6 Å². The highest BCUT2D eigenvalue weighted by Crippen LogP contribution is 2.23. The van der Waals surface area contributed by atoms with Crippen LogP contribution in [-0.2, 0) is 13.0 Å². The van der Waals surface area contributed by atoms with Crippen LogP contribution in [0.15, 0.2) is 24.4 Å². The summed E-state index contributed by atoms with van der Waals surface area (Å²) >= 11 is 5.72. The van der Waals surface area contributed by atoms with Gasteiger partial charge in [-0.2, -0.15) is 0 Å². The van der Waals surface area contributed by atoms with Crippen molar-refractivity contribution in [2.45, 2.75) is 32.4 Å². The molecule has 4 nitrogen and oxygen atoms in total. The summed E-state index contributed by atoms with van der Waals surface area (Å²) in [6.45, 7) is 2.68. The van der Waals surface area contributed by atoms with Gasteiger partial charge in [0.1, 0.15) is 11.9 Å². The van der Waals surface area contributed by atoms with Gasteiger partial charge in [-0.05, 0) is 18.1 Å². The van der Waals surface area contributed by atoms with Gasteiger partial charge in [0, 0.05) is 13.0 Å². The summed E-state index contributed by atoms with van der Waals surface area (Å²) in [6.07, 6.45) is 1.68. The molecule has 1 atom stereocenters. The summed E-state index contributed by atoms with van der Waals surface area (Å²) in [4.78, 5) is 0. The van der Waals surface area contributed by atoms with E-state index in [2.05, 4.69) is 10.3 Å². The van der Waals surface area contributed by atoms with Crippen LogP contribution in [0.3, 0.4) is 0 Å². The van der Waals surface area contributed by atoms with Crippen LogP contribution in [-0.4, -0.2) is 20.1 Å². The minimum atomic E-state index is -0.852. The lowest BCUT2D eigenvalue weighted by atomic mass is 10.1. The minimum Gasteiger partial charge on any atom is -0.386 e. The normalized spacial score (nSPS) is 12.6. The van der Waals surface area contributed by atoms with Gasteiger partial charge in [0.2, 0.25) is 0 Å². The van der Waals surface area contributed by atoms with Gasteiger partial charge in [0.25, 0.3) is 0 Å². The fraction of sp³-hybridized carbons (Fsp3) is 0.385. The zero-order chi connectivity index (χ0) is 13.8. The summed E-state index contributed by atoms with van der Waals surface area (Å²) in [6, 6.07) is 4.75. The maximum atomic E-state index is 13.8. The first-order chi connectivity index (χ1) is 9.13. The maximum absolute atomic E-state index is 13.8. The Labute approximate surface area is 115 Å². The first-order valence-corrected chi connectivity index (χ1v) is 6.50. The van der Waals surface area contributed by atoms with Crippen molar-refractivity contribution >= 4 is 11.6 Å². The van der Waals surface area contributed by atoms with E-state index in [4.69, 9.17) is 11.6 Å². The largest absolute Gasteiger partial charge is 0.386 e. The Kier molecular flexibility index (Phi) is 4.50. The molecule has 102 valence electrons. The molecule has 0 aliphatic carbocycles. The number of aromatic nitrogens is 3. The Morgan fingerprint density at radius 2 is 2.26 bits per heavy atom. The van der Waals surface area contributed by atoms with Gasteiger partial charge >= 0.3 is 0 Å². The Hall–Kier alpha value is -1.46. The smallest absolute Gasteiger partial charge is 0.145 e. The SMILES string of the molecule is CCCn1nncc1C(O)Cc1cccc(Cl)c1F. The number of benzene rings is 1. The van der Waals surface area contributed by atoms with E-state index in [-0.39, 0.29) is 11.4 Å². The number of aliphatic hydroxyl groups is 1. The van der Waals surface area contributed by atoms with Gasteiger partial charge < -0.3 is 5.11 Å². The summed E-state index contributed by atoms with van der Waals surface area (Å²) in [5, 5.41) is 17.9. The van der Waals surface area contributed by atoms with Gasteiger partial charge in [-0.15, -0.1) is 5.10 Å². The van der Waals surface area contributed by atoms with Crippen LogP contribution in [0.5, 0.6) is 0 Å². The van der Waals surface area contributed by atoms with Gasteiger partial charge in [0.05, 0.1) is 16.9 Å². The molecule has 0 aliphatic heterocycles. The molecule has 0 amide bonds. The molecule has 2 rings (SSSR count). The van der Waals surface area contributed by atoms with E-state index in [9.17, 15) is 9.50 Å². The molecule has 0 bridgehead atoms. The Morgan fingerprint density at radius 3 is 3.00 bits per heavy atom. The number of rotatable bonds is 5. The maximum Gasteiger partial charge on any atom is 0.145 e. The molecule has 2 aromatic rings.